The van der Waals surface area contributed by atoms with Crippen molar-refractivity contribution in [3.63, 3.8) is 0 Å². The zero-order valence-electron chi connectivity index (χ0n) is 21.5. The Bertz CT molecular complexity index is 1290. The molecule has 1 heterocycles. The van der Waals surface area contributed by atoms with Gasteiger partial charge in [0.2, 0.25) is 5.75 Å². The second kappa shape index (κ2) is 12.7. The van der Waals surface area contributed by atoms with E-state index in [0.29, 0.717) is 42.4 Å². The average Bonchev–Trinajstić information content (AvgIpc) is 3.29. The first-order valence-electron chi connectivity index (χ1n) is 12.3. The summed E-state index contributed by atoms with van der Waals surface area (Å²) in [5.74, 6) is 2.92. The van der Waals surface area contributed by atoms with Gasteiger partial charge in [-0.1, -0.05) is 30.3 Å². The third kappa shape index (κ3) is 6.33. The van der Waals surface area contributed by atoms with Crippen molar-refractivity contribution < 1.29 is 23.7 Å². The molecule has 0 saturated heterocycles. The van der Waals surface area contributed by atoms with Crippen LogP contribution in [0.15, 0.2) is 66.7 Å². The molecule has 0 radical (unpaired) electrons. The minimum absolute atomic E-state index is 0.222. The highest BCUT2D eigenvalue weighted by Gasteiger charge is 2.17. The van der Waals surface area contributed by atoms with Gasteiger partial charge in [-0.05, 0) is 49.2 Å². The smallest absolute Gasteiger partial charge is 0.251 e. The Hall–Kier alpha value is -4.20. The molecule has 0 bridgehead atoms. The number of nitrogens with one attached hydrogen (secondary N) is 1. The Morgan fingerprint density at radius 3 is 2.30 bits per heavy atom. The number of fused-ring (bicyclic) bond motifs is 1. The first kappa shape index (κ1) is 25.9. The van der Waals surface area contributed by atoms with Crippen molar-refractivity contribution in [3.8, 4) is 23.0 Å². The lowest BCUT2D eigenvalue weighted by Crippen LogP contribution is -2.26. The number of aryl methyl sites for hydroxylation is 1. The van der Waals surface area contributed by atoms with Crippen LogP contribution in [0.2, 0.25) is 0 Å². The quantitative estimate of drug-likeness (QED) is 0.262. The minimum atomic E-state index is -0.222. The number of unbranched alkanes of at least 4 members (excludes halogenated alkanes) is 1. The maximum absolute atomic E-state index is 12.9. The molecule has 37 heavy (non-hydrogen) atoms. The summed E-state index contributed by atoms with van der Waals surface area (Å²) < 4.78 is 24.1. The number of hydrogen-bond acceptors (Lipinski definition) is 6. The van der Waals surface area contributed by atoms with E-state index in [-0.39, 0.29) is 5.91 Å². The largest absolute Gasteiger partial charge is 0.494 e. The van der Waals surface area contributed by atoms with E-state index in [4.69, 9.17) is 23.9 Å². The van der Waals surface area contributed by atoms with Gasteiger partial charge >= 0.3 is 0 Å². The van der Waals surface area contributed by atoms with E-state index < -0.39 is 0 Å². The fourth-order valence-corrected chi connectivity index (χ4v) is 4.25. The van der Waals surface area contributed by atoms with Crippen molar-refractivity contribution in [2.75, 3.05) is 34.5 Å². The van der Waals surface area contributed by atoms with E-state index >= 15 is 0 Å². The van der Waals surface area contributed by atoms with Gasteiger partial charge in [-0.2, -0.15) is 0 Å². The van der Waals surface area contributed by atoms with Crippen LogP contribution in [0.5, 0.6) is 23.0 Å². The Morgan fingerprint density at radius 1 is 0.892 bits per heavy atom. The van der Waals surface area contributed by atoms with Gasteiger partial charge in [-0.25, -0.2) is 4.98 Å². The summed E-state index contributed by atoms with van der Waals surface area (Å²) in [7, 11) is 4.58. The number of ether oxygens (including phenoxy) is 4. The van der Waals surface area contributed by atoms with Crippen LogP contribution in [-0.4, -0.2) is 49.9 Å². The molecule has 8 heteroatoms. The molecule has 1 N–H and O–H groups in total. The van der Waals surface area contributed by atoms with Crippen LogP contribution in [0.25, 0.3) is 11.0 Å². The summed E-state index contributed by atoms with van der Waals surface area (Å²) >= 11 is 0. The number of nitrogens with zero attached hydrogens (tertiary/aromatic N) is 2. The molecule has 0 fully saturated rings. The monoisotopic (exact) mass is 503 g/mol. The van der Waals surface area contributed by atoms with Gasteiger partial charge in [0.25, 0.3) is 5.91 Å². The number of methoxy groups -OCH3 is 3. The SMILES string of the molecule is COc1cc(C(=O)NCCc2nc3ccccc3n2CCCCOc2ccccc2)cc(OC)c1OC. The number of carbonyl (C=O) groups is 1. The summed E-state index contributed by atoms with van der Waals surface area (Å²) in [5, 5.41) is 2.99. The van der Waals surface area contributed by atoms with Crippen LogP contribution in [0, 0.1) is 0 Å². The summed E-state index contributed by atoms with van der Waals surface area (Å²) in [4.78, 5) is 17.7. The predicted octanol–water partition coefficient (Wildman–Crippen LogP) is 4.89. The third-order valence-electron chi connectivity index (χ3n) is 6.08. The van der Waals surface area contributed by atoms with E-state index in [1.54, 1.807) is 12.1 Å². The maximum Gasteiger partial charge on any atom is 0.251 e. The van der Waals surface area contributed by atoms with Gasteiger partial charge < -0.3 is 28.8 Å². The molecular weight excluding hydrogens is 470 g/mol. The van der Waals surface area contributed by atoms with Gasteiger partial charge in [0.05, 0.1) is 39.0 Å². The number of hydrogen-bond donors (Lipinski definition) is 1. The standard InChI is InChI=1S/C29H33N3O5/c1-34-25-19-21(20-26(35-2)28(25)36-3)29(33)30-16-15-27-31-23-13-7-8-14-24(23)32(27)17-9-10-18-37-22-11-5-4-6-12-22/h4-8,11-14,19-20H,9-10,15-18H2,1-3H3,(H,30,33). The Balaban J connectivity index is 1.37. The van der Waals surface area contributed by atoms with Gasteiger partial charge in [0.1, 0.15) is 11.6 Å². The van der Waals surface area contributed by atoms with Crippen LogP contribution in [0.3, 0.4) is 0 Å². The van der Waals surface area contributed by atoms with E-state index in [1.165, 1.54) is 21.3 Å². The lowest BCUT2D eigenvalue weighted by Gasteiger charge is -2.14. The van der Waals surface area contributed by atoms with Gasteiger partial charge in [-0.15, -0.1) is 0 Å². The molecule has 1 aromatic heterocycles. The Kier molecular flexibility index (Phi) is 8.86. The highest BCUT2D eigenvalue weighted by molar-refractivity contribution is 5.95. The lowest BCUT2D eigenvalue weighted by atomic mass is 10.1. The number of imidazole rings is 1. The summed E-state index contributed by atoms with van der Waals surface area (Å²) in [5.41, 5.74) is 2.48. The van der Waals surface area contributed by atoms with Crippen LogP contribution in [0.1, 0.15) is 29.0 Å². The first-order valence-corrected chi connectivity index (χ1v) is 12.3. The van der Waals surface area contributed by atoms with Crippen LogP contribution < -0.4 is 24.3 Å². The molecule has 0 saturated carbocycles. The molecule has 3 aromatic carbocycles. The topological polar surface area (TPSA) is 83.8 Å². The van der Waals surface area contributed by atoms with Crippen molar-refractivity contribution in [2.45, 2.75) is 25.8 Å². The first-order chi connectivity index (χ1) is 18.1. The molecule has 0 aliphatic carbocycles. The third-order valence-corrected chi connectivity index (χ3v) is 6.08. The second-order valence-electron chi connectivity index (χ2n) is 8.46. The van der Waals surface area contributed by atoms with Gasteiger partial charge in [0, 0.05) is 25.1 Å². The number of aromatic nitrogens is 2. The lowest BCUT2D eigenvalue weighted by molar-refractivity contribution is 0.0953. The Labute approximate surface area is 217 Å². The van der Waals surface area contributed by atoms with E-state index in [9.17, 15) is 4.79 Å². The molecule has 194 valence electrons. The summed E-state index contributed by atoms with van der Waals surface area (Å²) in [6, 6.07) is 21.3. The molecule has 0 aliphatic heterocycles. The van der Waals surface area contributed by atoms with Crippen molar-refractivity contribution in [3.05, 3.63) is 78.1 Å². The van der Waals surface area contributed by atoms with Crippen molar-refractivity contribution in [2.24, 2.45) is 0 Å². The van der Waals surface area contributed by atoms with E-state index in [1.807, 2.05) is 48.5 Å². The molecule has 4 rings (SSSR count). The number of rotatable bonds is 13. The van der Waals surface area contributed by atoms with Gasteiger partial charge in [-0.3, -0.25) is 4.79 Å². The van der Waals surface area contributed by atoms with Crippen molar-refractivity contribution in [1.29, 1.82) is 0 Å². The molecule has 0 atom stereocenters. The summed E-state index contributed by atoms with van der Waals surface area (Å²) in [6.07, 6.45) is 2.49. The Morgan fingerprint density at radius 2 is 1.59 bits per heavy atom. The molecule has 0 aliphatic rings. The molecule has 0 spiro atoms. The average molecular weight is 504 g/mol. The number of amides is 1. The maximum atomic E-state index is 12.9. The molecule has 4 aromatic rings. The van der Waals surface area contributed by atoms with Gasteiger partial charge in [0.15, 0.2) is 11.5 Å². The fraction of sp³-hybridized carbons (Fsp3) is 0.310. The fourth-order valence-electron chi connectivity index (χ4n) is 4.25. The number of carbonyl (C=O) groups excluding carboxylic acids is 1. The number of benzene rings is 3. The summed E-state index contributed by atoms with van der Waals surface area (Å²) in [6.45, 7) is 1.93. The highest BCUT2D eigenvalue weighted by atomic mass is 16.5. The minimum Gasteiger partial charge on any atom is -0.494 e. The normalized spacial score (nSPS) is 10.8. The molecule has 0 unspecified atom stereocenters. The van der Waals surface area contributed by atoms with Crippen LogP contribution in [0.4, 0.5) is 0 Å². The zero-order chi connectivity index (χ0) is 26.0. The highest BCUT2D eigenvalue weighted by Crippen LogP contribution is 2.38. The predicted molar refractivity (Wildman–Crippen MR) is 143 cm³/mol. The molecule has 1 amide bonds. The number of para-hydroxylation sites is 3. The zero-order valence-corrected chi connectivity index (χ0v) is 21.5. The van der Waals surface area contributed by atoms with Crippen LogP contribution in [-0.2, 0) is 13.0 Å². The van der Waals surface area contributed by atoms with E-state index in [0.717, 1.165) is 42.0 Å². The van der Waals surface area contributed by atoms with Crippen molar-refractivity contribution >= 4 is 16.9 Å². The second-order valence-corrected chi connectivity index (χ2v) is 8.46. The van der Waals surface area contributed by atoms with Crippen LogP contribution >= 0.6 is 0 Å². The van der Waals surface area contributed by atoms with Crippen molar-refractivity contribution in [1.82, 2.24) is 14.9 Å². The van der Waals surface area contributed by atoms with E-state index in [2.05, 4.69) is 16.0 Å². The molecule has 8 nitrogen and oxygen atoms in total. The molecular formula is C29H33N3O5.